The first kappa shape index (κ1) is 14.3. The Morgan fingerprint density at radius 3 is 2.71 bits per heavy atom. The Morgan fingerprint density at radius 2 is 2.06 bits per heavy atom. The first-order valence-corrected chi connectivity index (χ1v) is 5.61. The van der Waals surface area contributed by atoms with E-state index in [-0.39, 0.29) is 25.1 Å². The number of hydrogen-bond acceptors (Lipinski definition) is 2. The number of nitrogens with two attached hydrogens (primary N) is 1. The second kappa shape index (κ2) is 5.74. The maximum absolute atomic E-state index is 8.99. The lowest BCUT2D eigenvalue weighted by atomic mass is 10.1. The molecule has 1 aromatic heterocycles. The van der Waals surface area contributed by atoms with Crippen molar-refractivity contribution in [1.29, 1.82) is 0 Å². The highest BCUT2D eigenvalue weighted by molar-refractivity contribution is 6.32. The van der Waals surface area contributed by atoms with Crippen molar-refractivity contribution in [2.75, 3.05) is 6.61 Å². The fourth-order valence-corrected chi connectivity index (χ4v) is 2.23. The van der Waals surface area contributed by atoms with Crippen LogP contribution < -0.4 is 5.73 Å². The van der Waals surface area contributed by atoms with Gasteiger partial charge in [0.25, 0.3) is 0 Å². The third-order valence-electron chi connectivity index (χ3n) is 2.83. The molecular formula is C12H16Cl2N2O. The van der Waals surface area contributed by atoms with Crippen LogP contribution in [0, 0.1) is 0 Å². The molecule has 0 fully saturated rings. The molecule has 1 aromatic carbocycles. The Hall–Kier alpha value is -0.740. The zero-order valence-electron chi connectivity index (χ0n) is 9.56. The number of nitrogens with zero attached hydrogens (tertiary/aromatic N) is 1. The number of aliphatic hydroxyl groups is 1. The van der Waals surface area contributed by atoms with Crippen LogP contribution >= 0.6 is 24.0 Å². The van der Waals surface area contributed by atoms with E-state index < -0.39 is 0 Å². The van der Waals surface area contributed by atoms with Crippen LogP contribution in [0.2, 0.25) is 5.15 Å². The molecule has 1 unspecified atom stereocenters. The third-order valence-corrected chi connectivity index (χ3v) is 3.32. The van der Waals surface area contributed by atoms with Gasteiger partial charge in [0.2, 0.25) is 0 Å². The Bertz CT molecular complexity index is 510. The largest absolute Gasteiger partial charge is 0.395 e. The summed E-state index contributed by atoms with van der Waals surface area (Å²) in [7, 11) is 1.93. The van der Waals surface area contributed by atoms with Crippen molar-refractivity contribution in [1.82, 2.24) is 4.57 Å². The predicted molar refractivity (Wildman–Crippen MR) is 73.9 cm³/mol. The average Bonchev–Trinajstić information content (AvgIpc) is 2.55. The number of hydrogen-bond donors (Lipinski definition) is 2. The molecular weight excluding hydrogens is 259 g/mol. The summed E-state index contributed by atoms with van der Waals surface area (Å²) in [4.78, 5) is 0. The summed E-state index contributed by atoms with van der Waals surface area (Å²) in [6.07, 6.45) is 0.594. The fourth-order valence-electron chi connectivity index (χ4n) is 1.96. The number of aliphatic hydroxyl groups excluding tert-OH is 1. The van der Waals surface area contributed by atoms with Crippen molar-refractivity contribution in [3.63, 3.8) is 0 Å². The van der Waals surface area contributed by atoms with Crippen molar-refractivity contribution < 1.29 is 5.11 Å². The topological polar surface area (TPSA) is 51.2 Å². The highest BCUT2D eigenvalue weighted by Crippen LogP contribution is 2.29. The molecule has 94 valence electrons. The summed E-state index contributed by atoms with van der Waals surface area (Å²) >= 11 is 6.26. The van der Waals surface area contributed by atoms with E-state index in [1.165, 1.54) is 0 Å². The van der Waals surface area contributed by atoms with Crippen molar-refractivity contribution in [3.05, 3.63) is 35.0 Å². The van der Waals surface area contributed by atoms with Gasteiger partial charge >= 0.3 is 0 Å². The van der Waals surface area contributed by atoms with E-state index in [1.807, 2.05) is 35.9 Å². The van der Waals surface area contributed by atoms with Gasteiger partial charge in [-0.2, -0.15) is 0 Å². The minimum atomic E-state index is -0.261. The molecule has 0 amide bonds. The number of aromatic nitrogens is 1. The van der Waals surface area contributed by atoms with Gasteiger partial charge in [0.1, 0.15) is 5.15 Å². The monoisotopic (exact) mass is 274 g/mol. The van der Waals surface area contributed by atoms with E-state index >= 15 is 0 Å². The molecule has 0 saturated carbocycles. The first-order chi connectivity index (χ1) is 7.65. The molecule has 3 nitrogen and oxygen atoms in total. The summed E-state index contributed by atoms with van der Waals surface area (Å²) in [5.74, 6) is 0. The van der Waals surface area contributed by atoms with E-state index in [0.717, 1.165) is 16.5 Å². The molecule has 0 saturated heterocycles. The van der Waals surface area contributed by atoms with Gasteiger partial charge in [-0.05, 0) is 18.1 Å². The lowest BCUT2D eigenvalue weighted by Gasteiger charge is -2.07. The van der Waals surface area contributed by atoms with Crippen LogP contribution in [0.15, 0.2) is 24.3 Å². The molecule has 0 aliphatic rings. The summed E-state index contributed by atoms with van der Waals surface area (Å²) in [5.41, 5.74) is 7.86. The highest BCUT2D eigenvalue weighted by Gasteiger charge is 2.15. The molecule has 0 aliphatic carbocycles. The van der Waals surface area contributed by atoms with E-state index in [4.69, 9.17) is 22.4 Å². The molecule has 3 N–H and O–H groups in total. The molecule has 0 spiro atoms. The number of para-hydroxylation sites is 1. The van der Waals surface area contributed by atoms with Gasteiger partial charge in [-0.15, -0.1) is 12.4 Å². The van der Waals surface area contributed by atoms with Gasteiger partial charge in [0, 0.05) is 24.0 Å². The maximum Gasteiger partial charge on any atom is 0.113 e. The van der Waals surface area contributed by atoms with Crippen LogP contribution in [0.25, 0.3) is 10.9 Å². The van der Waals surface area contributed by atoms with Crippen LogP contribution in [-0.4, -0.2) is 22.3 Å². The van der Waals surface area contributed by atoms with Gasteiger partial charge in [-0.1, -0.05) is 29.8 Å². The third kappa shape index (κ3) is 2.58. The standard InChI is InChI=1S/C12H15ClN2O.ClH/c1-15-11-5-3-2-4-9(11)10(12(15)13)6-8(14)7-16;/h2-5,8,16H,6-7,14H2,1H3;1H. The van der Waals surface area contributed by atoms with Crippen molar-refractivity contribution in [2.45, 2.75) is 12.5 Å². The fraction of sp³-hybridized carbons (Fsp3) is 0.333. The zero-order valence-corrected chi connectivity index (χ0v) is 11.1. The molecule has 1 heterocycles. The lowest BCUT2D eigenvalue weighted by molar-refractivity contribution is 0.265. The van der Waals surface area contributed by atoms with Gasteiger partial charge < -0.3 is 15.4 Å². The molecule has 2 aromatic rings. The quantitative estimate of drug-likeness (QED) is 0.901. The average molecular weight is 275 g/mol. The number of rotatable bonds is 3. The van der Waals surface area contributed by atoms with Gasteiger partial charge in [0.15, 0.2) is 0 Å². The van der Waals surface area contributed by atoms with Gasteiger partial charge in [-0.25, -0.2) is 0 Å². The van der Waals surface area contributed by atoms with E-state index in [1.54, 1.807) is 0 Å². The summed E-state index contributed by atoms with van der Waals surface area (Å²) < 4.78 is 1.94. The molecule has 2 rings (SSSR count). The molecule has 1 atom stereocenters. The lowest BCUT2D eigenvalue weighted by Crippen LogP contribution is -2.26. The highest BCUT2D eigenvalue weighted by atomic mass is 35.5. The van der Waals surface area contributed by atoms with E-state index in [9.17, 15) is 0 Å². The molecule has 0 bridgehead atoms. The number of halogens is 2. The summed E-state index contributed by atoms with van der Waals surface area (Å²) in [5, 5.41) is 10.8. The minimum Gasteiger partial charge on any atom is -0.395 e. The summed E-state index contributed by atoms with van der Waals surface area (Å²) in [6, 6.07) is 7.75. The Balaban J connectivity index is 0.00000144. The number of aryl methyl sites for hydroxylation is 1. The number of benzene rings is 1. The van der Waals surface area contributed by atoms with Crippen LogP contribution in [0.1, 0.15) is 5.56 Å². The smallest absolute Gasteiger partial charge is 0.113 e. The van der Waals surface area contributed by atoms with Crippen LogP contribution in [0.3, 0.4) is 0 Å². The van der Waals surface area contributed by atoms with E-state index in [2.05, 4.69) is 0 Å². The normalized spacial score (nSPS) is 12.5. The first-order valence-electron chi connectivity index (χ1n) is 5.23. The Kier molecular flexibility index (Phi) is 4.83. The molecule has 0 radical (unpaired) electrons. The molecule has 17 heavy (non-hydrogen) atoms. The van der Waals surface area contributed by atoms with Gasteiger partial charge in [-0.3, -0.25) is 0 Å². The molecule has 5 heteroatoms. The maximum atomic E-state index is 8.99. The Morgan fingerprint density at radius 1 is 1.41 bits per heavy atom. The molecule has 0 aliphatic heterocycles. The number of fused-ring (bicyclic) bond motifs is 1. The summed E-state index contributed by atoms with van der Waals surface area (Å²) in [6.45, 7) is -0.0282. The van der Waals surface area contributed by atoms with Gasteiger partial charge in [0.05, 0.1) is 6.61 Å². The van der Waals surface area contributed by atoms with Crippen molar-refractivity contribution in [3.8, 4) is 0 Å². The second-order valence-corrected chi connectivity index (χ2v) is 4.35. The van der Waals surface area contributed by atoms with E-state index in [0.29, 0.717) is 11.6 Å². The second-order valence-electron chi connectivity index (χ2n) is 3.99. The van der Waals surface area contributed by atoms with Crippen molar-refractivity contribution >= 4 is 34.9 Å². The minimum absolute atomic E-state index is 0. The SMILES string of the molecule is Cl.Cn1c(Cl)c(CC(N)CO)c2ccccc21. The van der Waals surface area contributed by atoms with Crippen LogP contribution in [0.4, 0.5) is 0 Å². The zero-order chi connectivity index (χ0) is 11.7. The van der Waals surface area contributed by atoms with Crippen molar-refractivity contribution in [2.24, 2.45) is 12.8 Å². The van der Waals surface area contributed by atoms with Crippen LogP contribution in [-0.2, 0) is 13.5 Å². The van der Waals surface area contributed by atoms with Crippen LogP contribution in [0.5, 0.6) is 0 Å². The predicted octanol–water partition coefficient (Wildman–Crippen LogP) is 2.12. The Labute approximate surface area is 112 Å².